The molecule has 2 aromatic rings. The van der Waals surface area contributed by atoms with Crippen molar-refractivity contribution in [1.29, 1.82) is 0 Å². The van der Waals surface area contributed by atoms with Gasteiger partial charge in [-0.1, -0.05) is 30.3 Å². The van der Waals surface area contributed by atoms with E-state index in [0.717, 1.165) is 16.9 Å². The molecule has 0 unspecified atom stereocenters. The maximum absolute atomic E-state index is 11.3. The van der Waals surface area contributed by atoms with Gasteiger partial charge in [0.2, 0.25) is 0 Å². The van der Waals surface area contributed by atoms with E-state index in [1.165, 1.54) is 0 Å². The highest BCUT2D eigenvalue weighted by Crippen LogP contribution is 2.29. The molecule has 0 atom stereocenters. The summed E-state index contributed by atoms with van der Waals surface area (Å²) in [6.07, 6.45) is 0.499. The number of carbonyl (C=O) groups is 2. The molecule has 1 aromatic carbocycles. The Morgan fingerprint density at radius 1 is 1.26 bits per heavy atom. The van der Waals surface area contributed by atoms with Crippen molar-refractivity contribution < 1.29 is 14.7 Å². The van der Waals surface area contributed by atoms with E-state index >= 15 is 0 Å². The van der Waals surface area contributed by atoms with Crippen molar-refractivity contribution in [3.8, 4) is 0 Å². The first-order chi connectivity index (χ1) is 9.08. The van der Waals surface area contributed by atoms with Crippen molar-refractivity contribution in [1.82, 2.24) is 0 Å². The van der Waals surface area contributed by atoms with E-state index in [4.69, 9.17) is 5.73 Å². The smallest absolute Gasteiger partial charge is 0.339 e. The van der Waals surface area contributed by atoms with Crippen molar-refractivity contribution in [2.24, 2.45) is 5.73 Å². The minimum atomic E-state index is -1.07. The zero-order valence-corrected chi connectivity index (χ0v) is 10.7. The van der Waals surface area contributed by atoms with Gasteiger partial charge in [0.05, 0.1) is 5.56 Å². The Balaban J connectivity index is 2.33. The highest BCUT2D eigenvalue weighted by molar-refractivity contribution is 7.15. The first-order valence-electron chi connectivity index (χ1n) is 5.52. The standard InChI is InChI=1S/C13H12N2O3S/c14-13(18)15-11-10(12(16)17)9(7-19-11)6-8-4-2-1-3-5-8/h1-5,7H,6H2,(H,16,17)(H3,14,15,18). The van der Waals surface area contributed by atoms with Crippen molar-refractivity contribution in [3.63, 3.8) is 0 Å². The van der Waals surface area contributed by atoms with Crippen LogP contribution in [0.15, 0.2) is 35.7 Å². The third kappa shape index (κ3) is 3.11. The van der Waals surface area contributed by atoms with Gasteiger partial charge in [-0.15, -0.1) is 11.3 Å². The van der Waals surface area contributed by atoms with Gasteiger partial charge in [-0.25, -0.2) is 9.59 Å². The van der Waals surface area contributed by atoms with Gasteiger partial charge in [0.15, 0.2) is 0 Å². The maximum Gasteiger partial charge on any atom is 0.339 e. The Morgan fingerprint density at radius 2 is 1.95 bits per heavy atom. The van der Waals surface area contributed by atoms with Crippen LogP contribution < -0.4 is 11.1 Å². The predicted molar refractivity (Wildman–Crippen MR) is 73.7 cm³/mol. The summed E-state index contributed by atoms with van der Waals surface area (Å²) in [6.45, 7) is 0. The van der Waals surface area contributed by atoms with Crippen LogP contribution in [0.4, 0.5) is 9.80 Å². The fraction of sp³-hybridized carbons (Fsp3) is 0.0769. The lowest BCUT2D eigenvalue weighted by molar-refractivity contribution is 0.0697. The molecule has 0 saturated heterocycles. The SMILES string of the molecule is NC(=O)Nc1scc(Cc2ccccc2)c1C(=O)O. The van der Waals surface area contributed by atoms with Crippen LogP contribution in [0, 0.1) is 0 Å². The van der Waals surface area contributed by atoms with E-state index in [2.05, 4.69) is 5.32 Å². The van der Waals surface area contributed by atoms with E-state index in [0.29, 0.717) is 12.0 Å². The van der Waals surface area contributed by atoms with Crippen molar-refractivity contribution >= 4 is 28.3 Å². The Bertz CT molecular complexity index is 608. The number of carbonyl (C=O) groups excluding carboxylic acids is 1. The zero-order valence-electron chi connectivity index (χ0n) is 9.92. The number of amides is 2. The minimum Gasteiger partial charge on any atom is -0.478 e. The van der Waals surface area contributed by atoms with Crippen LogP contribution in [-0.2, 0) is 6.42 Å². The molecule has 0 bridgehead atoms. The number of aromatic carboxylic acids is 1. The van der Waals surface area contributed by atoms with Crippen LogP contribution in [-0.4, -0.2) is 17.1 Å². The van der Waals surface area contributed by atoms with Crippen LogP contribution in [0.25, 0.3) is 0 Å². The second-order valence-corrected chi connectivity index (χ2v) is 4.80. The number of hydrogen-bond acceptors (Lipinski definition) is 3. The number of carboxylic acid groups (broad SMARTS) is 1. The minimum absolute atomic E-state index is 0.104. The molecular formula is C13H12N2O3S. The Morgan fingerprint density at radius 3 is 2.53 bits per heavy atom. The number of anilines is 1. The lowest BCUT2D eigenvalue weighted by Gasteiger charge is -2.03. The van der Waals surface area contributed by atoms with Crippen LogP contribution in [0.3, 0.4) is 0 Å². The number of primary amides is 1. The maximum atomic E-state index is 11.3. The van der Waals surface area contributed by atoms with Gasteiger partial charge in [-0.05, 0) is 22.9 Å². The summed E-state index contributed by atoms with van der Waals surface area (Å²) < 4.78 is 0. The fourth-order valence-corrected chi connectivity index (χ4v) is 2.73. The van der Waals surface area contributed by atoms with Crippen LogP contribution in [0.2, 0.25) is 0 Å². The average molecular weight is 276 g/mol. The predicted octanol–water partition coefficient (Wildman–Crippen LogP) is 2.53. The molecule has 0 aliphatic rings. The average Bonchev–Trinajstić information content (AvgIpc) is 2.72. The Hall–Kier alpha value is -2.34. The third-order valence-electron chi connectivity index (χ3n) is 2.56. The van der Waals surface area contributed by atoms with E-state index in [-0.39, 0.29) is 10.6 Å². The molecule has 19 heavy (non-hydrogen) atoms. The molecule has 5 nitrogen and oxygen atoms in total. The fourth-order valence-electron chi connectivity index (χ4n) is 1.78. The molecule has 2 amide bonds. The highest BCUT2D eigenvalue weighted by atomic mass is 32.1. The summed E-state index contributed by atoms with van der Waals surface area (Å²) in [5.74, 6) is -1.07. The van der Waals surface area contributed by atoms with Crippen LogP contribution in [0.5, 0.6) is 0 Å². The van der Waals surface area contributed by atoms with Gasteiger partial charge >= 0.3 is 12.0 Å². The third-order valence-corrected chi connectivity index (χ3v) is 3.50. The number of benzene rings is 1. The number of thiophene rings is 1. The lowest BCUT2D eigenvalue weighted by atomic mass is 10.0. The van der Waals surface area contributed by atoms with E-state index in [9.17, 15) is 14.7 Å². The molecule has 4 N–H and O–H groups in total. The van der Waals surface area contributed by atoms with Crippen LogP contribution in [0.1, 0.15) is 21.5 Å². The molecule has 0 spiro atoms. The summed E-state index contributed by atoms with van der Waals surface area (Å²) in [5.41, 5.74) is 6.79. The molecule has 2 rings (SSSR count). The molecule has 1 aromatic heterocycles. The highest BCUT2D eigenvalue weighted by Gasteiger charge is 2.19. The Kier molecular flexibility index (Phi) is 3.82. The summed E-state index contributed by atoms with van der Waals surface area (Å²) in [5, 5.41) is 13.6. The number of rotatable bonds is 4. The van der Waals surface area contributed by atoms with Gasteiger partial charge < -0.3 is 10.8 Å². The molecule has 0 aliphatic carbocycles. The quantitative estimate of drug-likeness (QED) is 0.801. The second kappa shape index (κ2) is 5.53. The van der Waals surface area contributed by atoms with E-state index in [1.54, 1.807) is 5.38 Å². The zero-order chi connectivity index (χ0) is 13.8. The van der Waals surface area contributed by atoms with Gasteiger partial charge in [0, 0.05) is 0 Å². The summed E-state index contributed by atoms with van der Waals surface area (Å²) >= 11 is 1.16. The molecule has 0 radical (unpaired) electrons. The molecule has 6 heteroatoms. The van der Waals surface area contributed by atoms with E-state index < -0.39 is 12.0 Å². The normalized spacial score (nSPS) is 10.1. The molecule has 0 fully saturated rings. The van der Waals surface area contributed by atoms with Gasteiger partial charge in [0.25, 0.3) is 0 Å². The Labute approximate surface area is 113 Å². The van der Waals surface area contributed by atoms with Gasteiger partial charge in [-0.3, -0.25) is 5.32 Å². The van der Waals surface area contributed by atoms with E-state index in [1.807, 2.05) is 30.3 Å². The van der Waals surface area contributed by atoms with Gasteiger partial charge in [0.1, 0.15) is 5.00 Å². The molecular weight excluding hydrogens is 264 g/mol. The van der Waals surface area contributed by atoms with Crippen molar-refractivity contribution in [2.75, 3.05) is 5.32 Å². The monoisotopic (exact) mass is 276 g/mol. The second-order valence-electron chi connectivity index (χ2n) is 3.92. The summed E-state index contributed by atoms with van der Waals surface area (Å²) in [4.78, 5) is 22.1. The van der Waals surface area contributed by atoms with Crippen LogP contribution >= 0.6 is 11.3 Å². The summed E-state index contributed by atoms with van der Waals surface area (Å²) in [7, 11) is 0. The largest absolute Gasteiger partial charge is 0.478 e. The molecule has 1 heterocycles. The lowest BCUT2D eigenvalue weighted by Crippen LogP contribution is -2.20. The molecule has 98 valence electrons. The number of nitrogens with two attached hydrogens (primary N) is 1. The first-order valence-corrected chi connectivity index (χ1v) is 6.40. The number of urea groups is 1. The first kappa shape index (κ1) is 13.1. The van der Waals surface area contributed by atoms with Crippen molar-refractivity contribution in [2.45, 2.75) is 6.42 Å². The number of hydrogen-bond donors (Lipinski definition) is 3. The van der Waals surface area contributed by atoms with Gasteiger partial charge in [-0.2, -0.15) is 0 Å². The molecule has 0 aliphatic heterocycles. The number of nitrogens with one attached hydrogen (secondary N) is 1. The summed E-state index contributed by atoms with van der Waals surface area (Å²) in [6, 6.07) is 8.76. The topological polar surface area (TPSA) is 92.4 Å². The molecule has 0 saturated carbocycles. The van der Waals surface area contributed by atoms with Crippen molar-refractivity contribution in [3.05, 3.63) is 52.4 Å². The number of carboxylic acids is 1.